The highest BCUT2D eigenvalue weighted by atomic mass is 15.0. The van der Waals surface area contributed by atoms with Gasteiger partial charge >= 0.3 is 0 Å². The molecule has 0 aliphatic heterocycles. The molecular formula is C40H25N3. The SMILES string of the molecule is c1ccc2cc(-c3nc(-c4ccc(-n5c6ccccc6c6cc7ccccc7cc65)cc4)nc4ccccc34)ccc2c1. The standard InChI is InChI=1S/C40H25N3/c1-2-10-28-23-31(18-17-26(28)9-1)39-34-14-5-7-15-36(34)41-40(42-39)27-19-21-32(22-20-27)43-37-16-8-6-13-33(37)35-24-29-11-3-4-12-30(29)25-38(35)43/h1-25H. The molecule has 0 amide bonds. The zero-order chi connectivity index (χ0) is 28.3. The molecule has 0 fully saturated rings. The van der Waals surface area contributed by atoms with Gasteiger partial charge < -0.3 is 4.57 Å². The molecule has 43 heavy (non-hydrogen) atoms. The van der Waals surface area contributed by atoms with Gasteiger partial charge in [0.05, 0.1) is 22.2 Å². The van der Waals surface area contributed by atoms with Crippen molar-refractivity contribution < 1.29 is 0 Å². The molecule has 0 aliphatic rings. The van der Waals surface area contributed by atoms with Gasteiger partial charge in [0.15, 0.2) is 5.82 Å². The van der Waals surface area contributed by atoms with E-state index in [1.165, 1.54) is 43.4 Å². The molecule has 2 heterocycles. The van der Waals surface area contributed by atoms with Crippen LogP contribution in [-0.4, -0.2) is 14.5 Å². The topological polar surface area (TPSA) is 30.7 Å². The van der Waals surface area contributed by atoms with Crippen LogP contribution in [0.25, 0.3) is 82.6 Å². The van der Waals surface area contributed by atoms with Crippen molar-refractivity contribution in [2.45, 2.75) is 0 Å². The predicted octanol–water partition coefficient (Wildman–Crippen LogP) is 10.4. The van der Waals surface area contributed by atoms with Crippen LogP contribution in [0.4, 0.5) is 0 Å². The minimum atomic E-state index is 0.724. The van der Waals surface area contributed by atoms with E-state index in [0.717, 1.165) is 39.2 Å². The molecule has 3 nitrogen and oxygen atoms in total. The summed E-state index contributed by atoms with van der Waals surface area (Å²) in [4.78, 5) is 10.2. The molecule has 0 spiro atoms. The number of benzene rings is 7. The number of aromatic nitrogens is 3. The highest BCUT2D eigenvalue weighted by Crippen LogP contribution is 2.36. The second kappa shape index (κ2) is 9.37. The number of fused-ring (bicyclic) bond motifs is 6. The van der Waals surface area contributed by atoms with Gasteiger partial charge in [0.2, 0.25) is 0 Å². The van der Waals surface area contributed by atoms with Crippen LogP contribution in [0.3, 0.4) is 0 Å². The van der Waals surface area contributed by atoms with Crippen LogP contribution < -0.4 is 0 Å². The van der Waals surface area contributed by atoms with Crippen LogP contribution in [0, 0.1) is 0 Å². The molecule has 0 radical (unpaired) electrons. The first-order valence-corrected chi connectivity index (χ1v) is 14.6. The summed E-state index contributed by atoms with van der Waals surface area (Å²) in [6.45, 7) is 0. The van der Waals surface area contributed by atoms with Crippen molar-refractivity contribution >= 4 is 54.3 Å². The second-order valence-corrected chi connectivity index (χ2v) is 11.1. The highest BCUT2D eigenvalue weighted by molar-refractivity contribution is 6.13. The summed E-state index contributed by atoms with van der Waals surface area (Å²) in [5, 5.41) is 8.48. The smallest absolute Gasteiger partial charge is 0.160 e. The lowest BCUT2D eigenvalue weighted by molar-refractivity contribution is 1.17. The predicted molar refractivity (Wildman–Crippen MR) is 180 cm³/mol. The summed E-state index contributed by atoms with van der Waals surface area (Å²) < 4.78 is 2.36. The van der Waals surface area contributed by atoms with E-state index in [-0.39, 0.29) is 0 Å². The summed E-state index contributed by atoms with van der Waals surface area (Å²) in [5.74, 6) is 0.724. The first kappa shape index (κ1) is 23.9. The van der Waals surface area contributed by atoms with Crippen LogP contribution in [-0.2, 0) is 0 Å². The van der Waals surface area contributed by atoms with Gasteiger partial charge in [-0.2, -0.15) is 0 Å². The normalized spacial score (nSPS) is 11.7. The van der Waals surface area contributed by atoms with Crippen molar-refractivity contribution in [3.8, 4) is 28.3 Å². The summed E-state index contributed by atoms with van der Waals surface area (Å²) in [6.07, 6.45) is 0. The Hall–Kier alpha value is -5.80. The molecule has 9 aromatic rings. The maximum atomic E-state index is 5.16. The number of hydrogen-bond acceptors (Lipinski definition) is 2. The van der Waals surface area contributed by atoms with Gasteiger partial charge in [0.1, 0.15) is 0 Å². The Bertz CT molecular complexity index is 2500. The Morgan fingerprint density at radius 2 is 1.02 bits per heavy atom. The largest absolute Gasteiger partial charge is 0.309 e. The van der Waals surface area contributed by atoms with Crippen LogP contribution >= 0.6 is 0 Å². The van der Waals surface area contributed by atoms with Gasteiger partial charge in [-0.05, 0) is 76.1 Å². The van der Waals surface area contributed by atoms with Gasteiger partial charge in [0, 0.05) is 33.0 Å². The van der Waals surface area contributed by atoms with Gasteiger partial charge in [-0.1, -0.05) is 97.1 Å². The third kappa shape index (κ3) is 3.83. The molecule has 200 valence electrons. The molecule has 0 N–H and O–H groups in total. The molecule has 0 bridgehead atoms. The second-order valence-electron chi connectivity index (χ2n) is 11.1. The highest BCUT2D eigenvalue weighted by Gasteiger charge is 2.15. The van der Waals surface area contributed by atoms with E-state index >= 15 is 0 Å². The van der Waals surface area contributed by atoms with E-state index in [1.54, 1.807) is 0 Å². The van der Waals surface area contributed by atoms with Crippen LogP contribution in [0.15, 0.2) is 152 Å². The number of para-hydroxylation sites is 2. The number of rotatable bonds is 3. The first-order chi connectivity index (χ1) is 21.3. The first-order valence-electron chi connectivity index (χ1n) is 14.6. The van der Waals surface area contributed by atoms with Crippen molar-refractivity contribution in [2.75, 3.05) is 0 Å². The molecule has 0 unspecified atom stereocenters. The van der Waals surface area contributed by atoms with E-state index in [9.17, 15) is 0 Å². The quantitative estimate of drug-likeness (QED) is 0.220. The molecule has 9 rings (SSSR count). The maximum Gasteiger partial charge on any atom is 0.160 e. The van der Waals surface area contributed by atoms with E-state index < -0.39 is 0 Å². The zero-order valence-electron chi connectivity index (χ0n) is 23.3. The molecule has 0 aliphatic carbocycles. The van der Waals surface area contributed by atoms with E-state index in [0.29, 0.717) is 0 Å². The Labute approximate surface area is 248 Å². The zero-order valence-corrected chi connectivity index (χ0v) is 23.3. The molecule has 2 aromatic heterocycles. The van der Waals surface area contributed by atoms with Crippen LogP contribution in [0.2, 0.25) is 0 Å². The summed E-state index contributed by atoms with van der Waals surface area (Å²) in [5.41, 5.74) is 7.48. The number of hydrogen-bond donors (Lipinski definition) is 0. The molecular weight excluding hydrogens is 522 g/mol. The van der Waals surface area contributed by atoms with Gasteiger partial charge in [-0.25, -0.2) is 9.97 Å². The van der Waals surface area contributed by atoms with E-state index in [1.807, 2.05) is 6.07 Å². The van der Waals surface area contributed by atoms with Crippen molar-refractivity contribution in [2.24, 2.45) is 0 Å². The third-order valence-corrected chi connectivity index (χ3v) is 8.55. The van der Waals surface area contributed by atoms with Gasteiger partial charge in [-0.3, -0.25) is 0 Å². The summed E-state index contributed by atoms with van der Waals surface area (Å²) in [6, 6.07) is 53.8. The Balaban J connectivity index is 1.20. The summed E-state index contributed by atoms with van der Waals surface area (Å²) in [7, 11) is 0. The minimum absolute atomic E-state index is 0.724. The van der Waals surface area contributed by atoms with Crippen molar-refractivity contribution in [3.05, 3.63) is 152 Å². The Kier molecular flexibility index (Phi) is 5.20. The fraction of sp³-hybridized carbons (Fsp3) is 0. The molecule has 0 atom stereocenters. The molecule has 3 heteroatoms. The Morgan fingerprint density at radius 1 is 0.395 bits per heavy atom. The molecule has 0 saturated heterocycles. The monoisotopic (exact) mass is 547 g/mol. The average molecular weight is 548 g/mol. The number of nitrogens with zero attached hydrogens (tertiary/aromatic N) is 3. The molecule has 7 aromatic carbocycles. The Morgan fingerprint density at radius 3 is 1.84 bits per heavy atom. The lowest BCUT2D eigenvalue weighted by Crippen LogP contribution is -1.97. The van der Waals surface area contributed by atoms with Gasteiger partial charge in [-0.15, -0.1) is 0 Å². The van der Waals surface area contributed by atoms with Crippen LogP contribution in [0.5, 0.6) is 0 Å². The summed E-state index contributed by atoms with van der Waals surface area (Å²) >= 11 is 0. The maximum absolute atomic E-state index is 5.16. The third-order valence-electron chi connectivity index (χ3n) is 8.55. The average Bonchev–Trinajstić information content (AvgIpc) is 3.39. The van der Waals surface area contributed by atoms with E-state index in [4.69, 9.17) is 9.97 Å². The fourth-order valence-electron chi connectivity index (χ4n) is 6.46. The van der Waals surface area contributed by atoms with Crippen molar-refractivity contribution in [1.82, 2.24) is 14.5 Å². The van der Waals surface area contributed by atoms with Crippen LogP contribution in [0.1, 0.15) is 0 Å². The van der Waals surface area contributed by atoms with Crippen molar-refractivity contribution in [1.29, 1.82) is 0 Å². The lowest BCUT2D eigenvalue weighted by atomic mass is 10.0. The van der Waals surface area contributed by atoms with Crippen molar-refractivity contribution in [3.63, 3.8) is 0 Å². The molecule has 0 saturated carbocycles. The fourth-order valence-corrected chi connectivity index (χ4v) is 6.46. The van der Waals surface area contributed by atoms with E-state index in [2.05, 4.69) is 150 Å². The lowest BCUT2D eigenvalue weighted by Gasteiger charge is -2.12. The minimum Gasteiger partial charge on any atom is -0.309 e. The van der Waals surface area contributed by atoms with Gasteiger partial charge in [0.25, 0.3) is 0 Å².